The van der Waals surface area contributed by atoms with E-state index in [4.69, 9.17) is 14.2 Å². The van der Waals surface area contributed by atoms with Gasteiger partial charge in [-0.15, -0.1) is 0 Å². The van der Waals surface area contributed by atoms with Gasteiger partial charge < -0.3 is 14.2 Å². The predicted octanol–water partition coefficient (Wildman–Crippen LogP) is 4.46. The Balaban J connectivity index is 2.15. The molecule has 0 aliphatic carbocycles. The average molecular weight is 366 g/mol. The van der Waals surface area contributed by atoms with E-state index < -0.39 is 11.9 Å². The Labute approximate surface area is 158 Å². The van der Waals surface area contributed by atoms with Gasteiger partial charge in [-0.25, -0.2) is 9.59 Å². The van der Waals surface area contributed by atoms with Gasteiger partial charge in [0.2, 0.25) is 0 Å². The fourth-order valence-corrected chi connectivity index (χ4v) is 2.18. The van der Waals surface area contributed by atoms with Gasteiger partial charge in [-0.3, -0.25) is 0 Å². The molecule has 2 rings (SSSR count). The van der Waals surface area contributed by atoms with Crippen molar-refractivity contribution < 1.29 is 23.8 Å². The molecule has 0 radical (unpaired) electrons. The van der Waals surface area contributed by atoms with Crippen molar-refractivity contribution >= 4 is 11.9 Å². The zero-order chi connectivity index (χ0) is 20.0. The summed E-state index contributed by atoms with van der Waals surface area (Å²) in [6.07, 6.45) is 0. The predicted molar refractivity (Wildman–Crippen MR) is 103 cm³/mol. The first-order valence-electron chi connectivity index (χ1n) is 8.29. The minimum absolute atomic E-state index is 0.186. The largest absolute Gasteiger partial charge is 0.493 e. The summed E-state index contributed by atoms with van der Waals surface area (Å²) in [5.41, 5.74) is 3.39. The minimum Gasteiger partial charge on any atom is -0.493 e. The monoisotopic (exact) mass is 366 g/mol. The lowest BCUT2D eigenvalue weighted by Gasteiger charge is -2.11. The summed E-state index contributed by atoms with van der Waals surface area (Å²) in [6.45, 7) is 10.5. The SMILES string of the molecule is C=C(C)C(=O)OCc1ccc(-c2ccc(OC(=O)C(=C)C)c(OC)c2)cc1. The average Bonchev–Trinajstić information content (AvgIpc) is 2.66. The van der Waals surface area contributed by atoms with Crippen LogP contribution in [-0.2, 0) is 20.9 Å². The molecule has 0 saturated carbocycles. The van der Waals surface area contributed by atoms with Gasteiger partial charge in [0.25, 0.3) is 0 Å². The molecule has 0 aromatic heterocycles. The summed E-state index contributed by atoms with van der Waals surface area (Å²) in [5, 5.41) is 0. The molecule has 0 bridgehead atoms. The molecule has 0 aliphatic rings. The Morgan fingerprint density at radius 2 is 1.44 bits per heavy atom. The molecule has 0 atom stereocenters. The van der Waals surface area contributed by atoms with E-state index in [1.54, 1.807) is 26.0 Å². The van der Waals surface area contributed by atoms with Gasteiger partial charge in [0.1, 0.15) is 6.61 Å². The van der Waals surface area contributed by atoms with Gasteiger partial charge in [-0.05, 0) is 42.7 Å². The molecule has 5 heteroatoms. The molecule has 2 aromatic carbocycles. The first-order valence-corrected chi connectivity index (χ1v) is 8.29. The van der Waals surface area contributed by atoms with E-state index in [9.17, 15) is 9.59 Å². The van der Waals surface area contributed by atoms with Gasteiger partial charge in [-0.1, -0.05) is 43.5 Å². The Hall–Kier alpha value is -3.34. The molecule has 0 fully saturated rings. The number of hydrogen-bond donors (Lipinski definition) is 0. The van der Waals surface area contributed by atoms with Crippen LogP contribution in [0.4, 0.5) is 0 Å². The van der Waals surface area contributed by atoms with Crippen LogP contribution in [0.1, 0.15) is 19.4 Å². The van der Waals surface area contributed by atoms with Crippen molar-refractivity contribution in [3.05, 3.63) is 72.3 Å². The quantitative estimate of drug-likeness (QED) is 0.411. The van der Waals surface area contributed by atoms with E-state index in [1.165, 1.54) is 7.11 Å². The van der Waals surface area contributed by atoms with Crippen molar-refractivity contribution in [2.75, 3.05) is 7.11 Å². The Morgan fingerprint density at radius 3 is 2.00 bits per heavy atom. The number of ether oxygens (including phenoxy) is 3. The van der Waals surface area contributed by atoms with Gasteiger partial charge in [0.05, 0.1) is 7.11 Å². The molecular weight excluding hydrogens is 344 g/mol. The van der Waals surface area contributed by atoms with Crippen LogP contribution in [0.2, 0.25) is 0 Å². The van der Waals surface area contributed by atoms with E-state index in [0.29, 0.717) is 22.6 Å². The molecule has 0 spiro atoms. The van der Waals surface area contributed by atoms with Crippen LogP contribution in [0, 0.1) is 0 Å². The highest BCUT2D eigenvalue weighted by Gasteiger charge is 2.12. The molecule has 0 amide bonds. The molecular formula is C22H22O5. The minimum atomic E-state index is -0.505. The number of hydrogen-bond acceptors (Lipinski definition) is 5. The summed E-state index contributed by atoms with van der Waals surface area (Å²) in [4.78, 5) is 23.2. The van der Waals surface area contributed by atoms with Crippen LogP contribution < -0.4 is 9.47 Å². The maximum atomic E-state index is 11.7. The lowest BCUT2D eigenvalue weighted by molar-refractivity contribution is -0.140. The smallest absolute Gasteiger partial charge is 0.338 e. The van der Waals surface area contributed by atoms with E-state index in [2.05, 4.69) is 13.2 Å². The third-order valence-corrected chi connectivity index (χ3v) is 3.72. The summed E-state index contributed by atoms with van der Waals surface area (Å²) >= 11 is 0. The highest BCUT2D eigenvalue weighted by molar-refractivity contribution is 5.89. The molecule has 0 saturated heterocycles. The van der Waals surface area contributed by atoms with Gasteiger partial charge in [-0.2, -0.15) is 0 Å². The number of methoxy groups -OCH3 is 1. The first kappa shape index (κ1) is 20.0. The van der Waals surface area contributed by atoms with E-state index >= 15 is 0 Å². The second-order valence-corrected chi connectivity index (χ2v) is 6.09. The van der Waals surface area contributed by atoms with E-state index in [1.807, 2.05) is 30.3 Å². The Morgan fingerprint density at radius 1 is 0.852 bits per heavy atom. The number of rotatable bonds is 7. The molecule has 2 aromatic rings. The van der Waals surface area contributed by atoms with Crippen molar-refractivity contribution in [2.24, 2.45) is 0 Å². The maximum Gasteiger partial charge on any atom is 0.338 e. The van der Waals surface area contributed by atoms with Gasteiger partial charge in [0, 0.05) is 11.1 Å². The van der Waals surface area contributed by atoms with E-state index in [0.717, 1.165) is 16.7 Å². The van der Waals surface area contributed by atoms with Crippen LogP contribution >= 0.6 is 0 Å². The van der Waals surface area contributed by atoms with Gasteiger partial charge in [0.15, 0.2) is 11.5 Å². The molecule has 27 heavy (non-hydrogen) atoms. The van der Waals surface area contributed by atoms with Crippen molar-refractivity contribution in [2.45, 2.75) is 20.5 Å². The topological polar surface area (TPSA) is 61.8 Å². The van der Waals surface area contributed by atoms with Crippen molar-refractivity contribution in [1.82, 2.24) is 0 Å². The third kappa shape index (κ3) is 5.31. The molecule has 0 unspecified atom stereocenters. The van der Waals surface area contributed by atoms with Gasteiger partial charge >= 0.3 is 11.9 Å². The summed E-state index contributed by atoms with van der Waals surface area (Å²) in [6, 6.07) is 12.9. The second kappa shape index (κ2) is 8.85. The van der Waals surface area contributed by atoms with Crippen molar-refractivity contribution in [3.8, 4) is 22.6 Å². The number of carbonyl (C=O) groups excluding carboxylic acids is 2. The summed E-state index contributed by atoms with van der Waals surface area (Å²) in [5.74, 6) is -0.141. The highest BCUT2D eigenvalue weighted by atomic mass is 16.6. The van der Waals surface area contributed by atoms with E-state index in [-0.39, 0.29) is 6.61 Å². The molecule has 0 aliphatic heterocycles. The zero-order valence-electron chi connectivity index (χ0n) is 15.7. The highest BCUT2D eigenvalue weighted by Crippen LogP contribution is 2.33. The fraction of sp³-hybridized carbons (Fsp3) is 0.182. The van der Waals surface area contributed by atoms with Crippen molar-refractivity contribution in [3.63, 3.8) is 0 Å². The number of carbonyl (C=O) groups is 2. The Kier molecular flexibility index (Phi) is 6.55. The molecule has 0 heterocycles. The number of benzene rings is 2. The Bertz CT molecular complexity index is 878. The zero-order valence-corrected chi connectivity index (χ0v) is 15.7. The normalized spacial score (nSPS) is 10.0. The molecule has 140 valence electrons. The molecule has 0 N–H and O–H groups in total. The standard InChI is InChI=1S/C22H22O5/c1-14(2)21(23)26-13-16-6-8-17(9-7-16)18-10-11-19(20(12-18)25-5)27-22(24)15(3)4/h6-12H,1,3,13H2,2,4-5H3. The van der Waals surface area contributed by atoms with Crippen LogP contribution in [0.5, 0.6) is 11.5 Å². The third-order valence-electron chi connectivity index (χ3n) is 3.72. The fourth-order valence-electron chi connectivity index (χ4n) is 2.18. The first-order chi connectivity index (χ1) is 12.8. The van der Waals surface area contributed by atoms with Crippen molar-refractivity contribution in [1.29, 1.82) is 0 Å². The summed E-state index contributed by atoms with van der Waals surface area (Å²) in [7, 11) is 1.51. The lowest BCUT2D eigenvalue weighted by atomic mass is 10.0. The summed E-state index contributed by atoms with van der Waals surface area (Å²) < 4.78 is 15.7. The second-order valence-electron chi connectivity index (χ2n) is 6.09. The van der Waals surface area contributed by atoms with Crippen LogP contribution in [0.15, 0.2) is 66.8 Å². The van der Waals surface area contributed by atoms with Crippen LogP contribution in [0.3, 0.4) is 0 Å². The lowest BCUT2D eigenvalue weighted by Crippen LogP contribution is -2.09. The maximum absolute atomic E-state index is 11.7. The molecule has 5 nitrogen and oxygen atoms in total. The number of esters is 2. The van der Waals surface area contributed by atoms with Crippen LogP contribution in [0.25, 0.3) is 11.1 Å². The van der Waals surface area contributed by atoms with Crippen LogP contribution in [-0.4, -0.2) is 19.0 Å².